The minimum absolute atomic E-state index is 0.132. The molecule has 4 nitrogen and oxygen atoms in total. The first-order valence-corrected chi connectivity index (χ1v) is 7.34. The number of amides is 1. The molecule has 0 N–H and O–H groups in total. The zero-order valence-corrected chi connectivity index (χ0v) is 13.6. The molecule has 114 valence electrons. The van der Waals surface area contributed by atoms with Crippen molar-refractivity contribution in [3.05, 3.63) is 35.4 Å². The third kappa shape index (κ3) is 5.20. The highest BCUT2D eigenvalue weighted by Gasteiger charge is 2.18. The predicted octanol–water partition coefficient (Wildman–Crippen LogP) is 2.64. The van der Waals surface area contributed by atoms with E-state index in [-0.39, 0.29) is 18.0 Å². The minimum Gasteiger partial charge on any atom is -0.342 e. The summed E-state index contributed by atoms with van der Waals surface area (Å²) >= 11 is 0. The molecule has 4 heteroatoms. The maximum Gasteiger partial charge on any atom is 0.236 e. The van der Waals surface area contributed by atoms with Crippen molar-refractivity contribution in [2.75, 3.05) is 13.6 Å². The normalized spacial score (nSPS) is 11.0. The predicted molar refractivity (Wildman–Crippen MR) is 84.6 cm³/mol. The van der Waals surface area contributed by atoms with Crippen molar-refractivity contribution in [1.29, 1.82) is 5.26 Å². The fourth-order valence-electron chi connectivity index (χ4n) is 1.91. The van der Waals surface area contributed by atoms with Gasteiger partial charge in [0.25, 0.3) is 0 Å². The number of carbonyl (C=O) groups is 1. The molecule has 1 aromatic rings. The van der Waals surface area contributed by atoms with Crippen molar-refractivity contribution in [3.8, 4) is 6.07 Å². The third-order valence-corrected chi connectivity index (χ3v) is 3.71. The summed E-state index contributed by atoms with van der Waals surface area (Å²) < 4.78 is 0. The van der Waals surface area contributed by atoms with E-state index in [9.17, 15) is 4.79 Å². The molecule has 0 heterocycles. The first-order valence-electron chi connectivity index (χ1n) is 7.34. The van der Waals surface area contributed by atoms with E-state index in [1.807, 2.05) is 45.2 Å². The Balaban J connectivity index is 2.73. The van der Waals surface area contributed by atoms with Crippen LogP contribution in [0.3, 0.4) is 0 Å². The SMILES string of the molecule is CC(C)N(CC(=O)N(C)C(C)C)Cc1ccc(C#N)cc1. The van der Waals surface area contributed by atoms with Gasteiger partial charge >= 0.3 is 0 Å². The lowest BCUT2D eigenvalue weighted by molar-refractivity contribution is -0.133. The molecular formula is C17H25N3O. The van der Waals surface area contributed by atoms with Gasteiger partial charge in [0.1, 0.15) is 0 Å². The van der Waals surface area contributed by atoms with Crippen LogP contribution in [0.5, 0.6) is 0 Å². The summed E-state index contributed by atoms with van der Waals surface area (Å²) in [6.07, 6.45) is 0. The molecule has 0 aliphatic carbocycles. The van der Waals surface area contributed by atoms with Crippen LogP contribution in [-0.4, -0.2) is 41.4 Å². The Morgan fingerprint density at radius 3 is 2.14 bits per heavy atom. The highest BCUT2D eigenvalue weighted by Crippen LogP contribution is 2.10. The van der Waals surface area contributed by atoms with E-state index in [1.165, 1.54) is 0 Å². The number of hydrogen-bond acceptors (Lipinski definition) is 3. The van der Waals surface area contributed by atoms with E-state index < -0.39 is 0 Å². The molecule has 1 amide bonds. The molecule has 0 radical (unpaired) electrons. The molecule has 0 aliphatic rings. The van der Waals surface area contributed by atoms with Crippen molar-refractivity contribution in [1.82, 2.24) is 9.80 Å². The van der Waals surface area contributed by atoms with E-state index in [2.05, 4.69) is 24.8 Å². The Kier molecular flexibility index (Phi) is 6.39. The van der Waals surface area contributed by atoms with Gasteiger partial charge in [0.15, 0.2) is 0 Å². The van der Waals surface area contributed by atoms with Crippen LogP contribution in [-0.2, 0) is 11.3 Å². The van der Waals surface area contributed by atoms with Crippen molar-refractivity contribution < 1.29 is 4.79 Å². The quantitative estimate of drug-likeness (QED) is 0.808. The van der Waals surface area contributed by atoms with Crippen LogP contribution in [0.1, 0.15) is 38.8 Å². The van der Waals surface area contributed by atoms with Gasteiger partial charge in [-0.2, -0.15) is 5.26 Å². The average molecular weight is 287 g/mol. The zero-order valence-electron chi connectivity index (χ0n) is 13.6. The Hall–Kier alpha value is -1.86. The topological polar surface area (TPSA) is 47.3 Å². The molecule has 0 aliphatic heterocycles. The molecular weight excluding hydrogens is 262 g/mol. The summed E-state index contributed by atoms with van der Waals surface area (Å²) in [5.41, 5.74) is 1.77. The van der Waals surface area contributed by atoms with Gasteiger partial charge in [-0.05, 0) is 45.4 Å². The lowest BCUT2D eigenvalue weighted by Crippen LogP contribution is -2.43. The fourth-order valence-corrected chi connectivity index (χ4v) is 1.91. The first-order chi connectivity index (χ1) is 9.85. The summed E-state index contributed by atoms with van der Waals surface area (Å²) in [6.45, 7) is 9.32. The molecule has 0 aromatic heterocycles. The van der Waals surface area contributed by atoms with E-state index in [4.69, 9.17) is 5.26 Å². The Morgan fingerprint density at radius 1 is 1.14 bits per heavy atom. The van der Waals surface area contributed by atoms with Gasteiger partial charge in [0.2, 0.25) is 5.91 Å². The monoisotopic (exact) mass is 287 g/mol. The largest absolute Gasteiger partial charge is 0.342 e. The van der Waals surface area contributed by atoms with Crippen molar-refractivity contribution in [2.45, 2.75) is 46.3 Å². The minimum atomic E-state index is 0.132. The zero-order chi connectivity index (χ0) is 16.0. The van der Waals surface area contributed by atoms with Gasteiger partial charge in [0.05, 0.1) is 18.2 Å². The van der Waals surface area contributed by atoms with Crippen LogP contribution >= 0.6 is 0 Å². The van der Waals surface area contributed by atoms with Crippen LogP contribution in [0.15, 0.2) is 24.3 Å². The van der Waals surface area contributed by atoms with Crippen LogP contribution < -0.4 is 0 Å². The van der Waals surface area contributed by atoms with E-state index in [0.717, 1.165) is 5.56 Å². The highest BCUT2D eigenvalue weighted by molar-refractivity contribution is 5.78. The molecule has 0 bridgehead atoms. The molecule has 0 saturated carbocycles. The van der Waals surface area contributed by atoms with Crippen LogP contribution in [0.2, 0.25) is 0 Å². The van der Waals surface area contributed by atoms with E-state index in [0.29, 0.717) is 18.7 Å². The van der Waals surface area contributed by atoms with Crippen LogP contribution in [0, 0.1) is 11.3 Å². The smallest absolute Gasteiger partial charge is 0.236 e. The van der Waals surface area contributed by atoms with Crippen molar-refractivity contribution >= 4 is 5.91 Å². The lowest BCUT2D eigenvalue weighted by Gasteiger charge is -2.29. The molecule has 0 atom stereocenters. The Bertz CT molecular complexity index is 500. The van der Waals surface area contributed by atoms with Gasteiger partial charge in [-0.3, -0.25) is 9.69 Å². The van der Waals surface area contributed by atoms with Crippen molar-refractivity contribution in [2.24, 2.45) is 0 Å². The Labute approximate surface area is 128 Å². The average Bonchev–Trinajstić information content (AvgIpc) is 2.46. The number of likely N-dealkylation sites (N-methyl/N-ethyl adjacent to an activating group) is 1. The standard InChI is InChI=1S/C17H25N3O/c1-13(2)19(5)17(21)12-20(14(3)4)11-16-8-6-15(10-18)7-9-16/h6-9,13-14H,11-12H2,1-5H3. The molecule has 1 aromatic carbocycles. The summed E-state index contributed by atoms with van der Waals surface area (Å²) in [6, 6.07) is 10.1. The molecule has 0 spiro atoms. The third-order valence-electron chi connectivity index (χ3n) is 3.71. The van der Waals surface area contributed by atoms with Crippen LogP contribution in [0.25, 0.3) is 0 Å². The van der Waals surface area contributed by atoms with Crippen molar-refractivity contribution in [3.63, 3.8) is 0 Å². The Morgan fingerprint density at radius 2 is 1.71 bits per heavy atom. The number of benzene rings is 1. The number of hydrogen-bond donors (Lipinski definition) is 0. The number of nitrogens with zero attached hydrogens (tertiary/aromatic N) is 3. The highest BCUT2D eigenvalue weighted by atomic mass is 16.2. The maximum atomic E-state index is 12.2. The molecule has 1 rings (SSSR count). The van der Waals surface area contributed by atoms with Gasteiger partial charge in [-0.25, -0.2) is 0 Å². The second kappa shape index (κ2) is 7.80. The second-order valence-electron chi connectivity index (χ2n) is 5.91. The fraction of sp³-hybridized carbons (Fsp3) is 0.529. The maximum absolute atomic E-state index is 12.2. The molecule has 0 fully saturated rings. The lowest BCUT2D eigenvalue weighted by atomic mass is 10.1. The number of carbonyl (C=O) groups excluding carboxylic acids is 1. The molecule has 21 heavy (non-hydrogen) atoms. The first kappa shape index (κ1) is 17.2. The summed E-state index contributed by atoms with van der Waals surface area (Å²) in [4.78, 5) is 16.1. The summed E-state index contributed by atoms with van der Waals surface area (Å²) in [5.74, 6) is 0.132. The summed E-state index contributed by atoms with van der Waals surface area (Å²) in [7, 11) is 1.84. The van der Waals surface area contributed by atoms with Crippen LogP contribution in [0.4, 0.5) is 0 Å². The van der Waals surface area contributed by atoms with E-state index >= 15 is 0 Å². The van der Waals surface area contributed by atoms with Gasteiger partial charge in [0, 0.05) is 25.7 Å². The van der Waals surface area contributed by atoms with E-state index in [1.54, 1.807) is 4.90 Å². The second-order valence-corrected chi connectivity index (χ2v) is 5.91. The van der Waals surface area contributed by atoms with Gasteiger partial charge in [-0.1, -0.05) is 12.1 Å². The molecule has 0 saturated heterocycles. The summed E-state index contributed by atoms with van der Waals surface area (Å²) in [5, 5.41) is 8.82. The van der Waals surface area contributed by atoms with Gasteiger partial charge in [-0.15, -0.1) is 0 Å². The van der Waals surface area contributed by atoms with Gasteiger partial charge < -0.3 is 4.90 Å². The number of rotatable bonds is 6. The number of nitriles is 1. The molecule has 0 unspecified atom stereocenters.